The van der Waals surface area contributed by atoms with Crippen LogP contribution in [-0.2, 0) is 10.2 Å². The van der Waals surface area contributed by atoms with Gasteiger partial charge in [0.05, 0.1) is 0 Å². The minimum atomic E-state index is -3.59. The average Bonchev–Trinajstić information content (AvgIpc) is 2.65. The number of nitrogens with two attached hydrogens (primary N) is 2. The quantitative estimate of drug-likeness (QED) is 0.329. The fourth-order valence-corrected chi connectivity index (χ4v) is 4.13. The highest BCUT2D eigenvalue weighted by Gasteiger charge is 2.44. The van der Waals surface area contributed by atoms with Crippen molar-refractivity contribution in [2.45, 2.75) is 44.6 Å². The third kappa shape index (κ3) is 5.48. The summed E-state index contributed by atoms with van der Waals surface area (Å²) in [4.78, 5) is 0. The zero-order chi connectivity index (χ0) is 16.3. The maximum atomic E-state index is 12.2. The third-order valence-electron chi connectivity index (χ3n) is 3.93. The molecule has 0 saturated carbocycles. The Morgan fingerprint density at radius 1 is 1.52 bits per heavy atom. The lowest BCUT2D eigenvalue weighted by Gasteiger charge is -2.25. The first-order valence-corrected chi connectivity index (χ1v) is 8.65. The van der Waals surface area contributed by atoms with Gasteiger partial charge in [0.25, 0.3) is 10.2 Å². The summed E-state index contributed by atoms with van der Waals surface area (Å²) in [5.41, 5.74) is 11.0. The van der Waals surface area contributed by atoms with Crippen LogP contribution in [0.5, 0.6) is 0 Å². The van der Waals surface area contributed by atoms with Crippen LogP contribution in [-0.4, -0.2) is 61.1 Å². The number of rotatable bonds is 8. The zero-order valence-electron chi connectivity index (χ0n) is 12.7. The van der Waals surface area contributed by atoms with Crippen LogP contribution in [0.1, 0.15) is 26.7 Å². The normalized spacial score (nSPS) is 28.8. The smallest absolute Gasteiger partial charge is 0.427 e. The van der Waals surface area contributed by atoms with Gasteiger partial charge in [-0.05, 0) is 32.5 Å². The molecule has 1 aliphatic rings. The van der Waals surface area contributed by atoms with Crippen LogP contribution >= 0.6 is 0 Å². The lowest BCUT2D eigenvalue weighted by molar-refractivity contribution is 0.343. The summed E-state index contributed by atoms with van der Waals surface area (Å²) in [6, 6.07) is -0.331. The Hall–Kier alpha value is -0.225. The summed E-state index contributed by atoms with van der Waals surface area (Å²) in [7, 11) is -4.92. The third-order valence-corrected chi connectivity index (χ3v) is 5.59. The number of nitrogens with zero attached hydrogens (tertiary/aromatic N) is 1. The molecule has 0 aromatic carbocycles. The highest BCUT2D eigenvalue weighted by molar-refractivity contribution is 7.87. The highest BCUT2D eigenvalue weighted by atomic mass is 32.2. The molecule has 0 aliphatic carbocycles. The molecule has 1 aliphatic heterocycles. The topological polar surface area (TPSA) is 142 Å². The van der Waals surface area contributed by atoms with Crippen LogP contribution in [0.4, 0.5) is 0 Å². The number of nitrogens with one attached hydrogen (secondary N) is 1. The molecule has 1 heterocycles. The molecule has 3 atom stereocenters. The molecule has 7 N–H and O–H groups in total. The van der Waals surface area contributed by atoms with Gasteiger partial charge in [-0.15, -0.1) is 0 Å². The van der Waals surface area contributed by atoms with Gasteiger partial charge < -0.3 is 21.5 Å². The first-order chi connectivity index (χ1) is 9.58. The summed E-state index contributed by atoms with van der Waals surface area (Å²) in [6.45, 7) is 4.34. The van der Waals surface area contributed by atoms with Crippen molar-refractivity contribution in [1.29, 1.82) is 0 Å². The first-order valence-electron chi connectivity index (χ1n) is 7.21. The zero-order valence-corrected chi connectivity index (χ0v) is 13.5. The van der Waals surface area contributed by atoms with Crippen LogP contribution in [0, 0.1) is 5.92 Å². The average molecular weight is 322 g/mol. The Morgan fingerprint density at radius 3 is 2.67 bits per heavy atom. The maximum absolute atomic E-state index is 12.2. The van der Waals surface area contributed by atoms with E-state index in [1.165, 1.54) is 4.31 Å². The van der Waals surface area contributed by atoms with Crippen LogP contribution in [0.3, 0.4) is 0 Å². The second kappa shape index (κ2) is 7.36. The van der Waals surface area contributed by atoms with Crippen molar-refractivity contribution in [3.8, 4) is 0 Å². The standard InChI is InChI=1S/C11H27BN4O4S/c1-9(6-13)15-21(19,20)16-7-10(11(2,14)8-16)4-3-5-12(17)18/h9-10,15,17-18H,3-8,13-14H2,1-2H3/t9-,10+,11+/m1/s1. The molecule has 0 bridgehead atoms. The van der Waals surface area contributed by atoms with Gasteiger partial charge in [-0.25, -0.2) is 0 Å². The summed E-state index contributed by atoms with van der Waals surface area (Å²) in [5.74, 6) is -0.0130. The van der Waals surface area contributed by atoms with Crippen molar-refractivity contribution < 1.29 is 18.5 Å². The molecule has 0 aromatic heterocycles. The highest BCUT2D eigenvalue weighted by Crippen LogP contribution is 2.31. The summed E-state index contributed by atoms with van der Waals surface area (Å²) in [6.07, 6.45) is 1.51. The van der Waals surface area contributed by atoms with E-state index in [0.717, 1.165) is 0 Å². The molecular formula is C11H27BN4O4S. The van der Waals surface area contributed by atoms with Gasteiger partial charge in [-0.3, -0.25) is 0 Å². The van der Waals surface area contributed by atoms with Gasteiger partial charge in [-0.1, -0.05) is 6.42 Å². The van der Waals surface area contributed by atoms with Crippen LogP contribution in [0.15, 0.2) is 0 Å². The molecule has 1 saturated heterocycles. The molecule has 21 heavy (non-hydrogen) atoms. The van der Waals surface area contributed by atoms with Crippen molar-refractivity contribution in [1.82, 2.24) is 9.03 Å². The van der Waals surface area contributed by atoms with E-state index in [9.17, 15) is 8.42 Å². The number of hydrogen-bond donors (Lipinski definition) is 5. The van der Waals surface area contributed by atoms with E-state index >= 15 is 0 Å². The van der Waals surface area contributed by atoms with Crippen LogP contribution < -0.4 is 16.2 Å². The Balaban J connectivity index is 2.64. The predicted molar refractivity (Wildman–Crippen MR) is 82.5 cm³/mol. The first kappa shape index (κ1) is 18.8. The fourth-order valence-electron chi connectivity index (χ4n) is 2.56. The van der Waals surface area contributed by atoms with Gasteiger partial charge in [0.15, 0.2) is 0 Å². The second-order valence-electron chi connectivity index (χ2n) is 6.17. The molecule has 8 nitrogen and oxygen atoms in total. The van der Waals surface area contributed by atoms with E-state index < -0.39 is 22.9 Å². The Labute approximate surface area is 127 Å². The summed E-state index contributed by atoms with van der Waals surface area (Å²) >= 11 is 0. The van der Waals surface area contributed by atoms with Gasteiger partial charge in [-0.2, -0.15) is 17.4 Å². The minimum absolute atomic E-state index is 0.0130. The largest absolute Gasteiger partial charge is 0.451 e. The van der Waals surface area contributed by atoms with E-state index in [0.29, 0.717) is 19.4 Å². The molecular weight excluding hydrogens is 295 g/mol. The van der Waals surface area contributed by atoms with Crippen molar-refractivity contribution >= 4 is 17.3 Å². The molecule has 10 heteroatoms. The lowest BCUT2D eigenvalue weighted by Crippen LogP contribution is -2.48. The fraction of sp³-hybridized carbons (Fsp3) is 1.00. The lowest BCUT2D eigenvalue weighted by atomic mass is 9.79. The second-order valence-corrected chi connectivity index (χ2v) is 7.87. The Kier molecular flexibility index (Phi) is 6.60. The molecule has 0 amide bonds. The van der Waals surface area contributed by atoms with E-state index in [1.807, 2.05) is 6.92 Å². The van der Waals surface area contributed by atoms with Crippen molar-refractivity contribution in [2.24, 2.45) is 17.4 Å². The SMILES string of the molecule is C[C@H](CN)NS(=O)(=O)N1C[C@H](CCCB(O)O)[C@@](C)(N)C1. The molecule has 0 unspecified atom stereocenters. The van der Waals surface area contributed by atoms with Gasteiger partial charge in [0, 0.05) is 31.2 Å². The molecule has 1 rings (SSSR count). The van der Waals surface area contributed by atoms with Crippen molar-refractivity contribution in [3.05, 3.63) is 0 Å². The van der Waals surface area contributed by atoms with E-state index in [-0.39, 0.29) is 31.4 Å². The van der Waals surface area contributed by atoms with Gasteiger partial charge in [0.2, 0.25) is 0 Å². The summed E-state index contributed by atoms with van der Waals surface area (Å²) < 4.78 is 28.3. The molecule has 1 fully saturated rings. The number of hydrogen-bond acceptors (Lipinski definition) is 6. The predicted octanol–water partition coefficient (Wildman–Crippen LogP) is -1.93. The monoisotopic (exact) mass is 322 g/mol. The Morgan fingerprint density at radius 2 is 2.14 bits per heavy atom. The van der Waals surface area contributed by atoms with E-state index in [2.05, 4.69) is 4.72 Å². The molecule has 0 aromatic rings. The molecule has 124 valence electrons. The van der Waals surface area contributed by atoms with Crippen molar-refractivity contribution in [2.75, 3.05) is 19.6 Å². The van der Waals surface area contributed by atoms with Crippen molar-refractivity contribution in [3.63, 3.8) is 0 Å². The van der Waals surface area contributed by atoms with Gasteiger partial charge in [0.1, 0.15) is 0 Å². The van der Waals surface area contributed by atoms with Crippen LogP contribution in [0.25, 0.3) is 0 Å². The molecule has 0 radical (unpaired) electrons. The minimum Gasteiger partial charge on any atom is -0.427 e. The Bertz CT molecular complexity index is 432. The maximum Gasteiger partial charge on any atom is 0.451 e. The molecule has 0 spiro atoms. The summed E-state index contributed by atoms with van der Waals surface area (Å²) in [5, 5.41) is 17.7. The van der Waals surface area contributed by atoms with E-state index in [4.69, 9.17) is 21.5 Å². The van der Waals surface area contributed by atoms with E-state index in [1.54, 1.807) is 6.92 Å². The van der Waals surface area contributed by atoms with Crippen LogP contribution in [0.2, 0.25) is 6.32 Å². The van der Waals surface area contributed by atoms with Gasteiger partial charge >= 0.3 is 7.12 Å².